The molecule has 0 aliphatic heterocycles. The van der Waals surface area contributed by atoms with Gasteiger partial charge in [-0.1, -0.05) is 23.7 Å². The van der Waals surface area contributed by atoms with Crippen LogP contribution in [0.4, 0.5) is 4.39 Å². The summed E-state index contributed by atoms with van der Waals surface area (Å²) in [4.78, 5) is 0. The Bertz CT molecular complexity index is 318. The first kappa shape index (κ1) is 11.5. The van der Waals surface area contributed by atoms with E-state index < -0.39 is 5.67 Å². The monoisotopic (exact) mass is 215 g/mol. The van der Waals surface area contributed by atoms with Gasteiger partial charge in [-0.05, 0) is 32.5 Å². The van der Waals surface area contributed by atoms with Crippen LogP contribution in [0.2, 0.25) is 5.02 Å². The summed E-state index contributed by atoms with van der Waals surface area (Å²) in [5, 5.41) is 3.49. The predicted molar refractivity (Wildman–Crippen MR) is 58.3 cm³/mol. The average Bonchev–Trinajstić information content (AvgIpc) is 2.02. The molecule has 0 saturated carbocycles. The topological polar surface area (TPSA) is 12.0 Å². The van der Waals surface area contributed by atoms with Crippen molar-refractivity contribution in [3.05, 3.63) is 34.3 Å². The SMILES string of the molecule is CNCc1cccc(Cl)c1C(C)(C)F. The van der Waals surface area contributed by atoms with Crippen LogP contribution in [0.5, 0.6) is 0 Å². The zero-order valence-corrected chi connectivity index (χ0v) is 9.45. The van der Waals surface area contributed by atoms with Crippen LogP contribution in [-0.4, -0.2) is 7.05 Å². The molecule has 0 atom stereocenters. The average molecular weight is 216 g/mol. The molecule has 0 amide bonds. The van der Waals surface area contributed by atoms with Crippen molar-refractivity contribution in [2.24, 2.45) is 0 Å². The van der Waals surface area contributed by atoms with Crippen molar-refractivity contribution in [2.45, 2.75) is 26.1 Å². The maximum Gasteiger partial charge on any atom is 0.132 e. The van der Waals surface area contributed by atoms with Crippen molar-refractivity contribution in [3.8, 4) is 0 Å². The van der Waals surface area contributed by atoms with E-state index in [9.17, 15) is 4.39 Å². The Morgan fingerprint density at radius 1 is 1.43 bits per heavy atom. The molecule has 0 aliphatic rings. The lowest BCUT2D eigenvalue weighted by Gasteiger charge is -2.20. The van der Waals surface area contributed by atoms with E-state index in [0.717, 1.165) is 5.56 Å². The third-order valence-corrected chi connectivity index (χ3v) is 2.38. The van der Waals surface area contributed by atoms with Crippen LogP contribution in [0.15, 0.2) is 18.2 Å². The summed E-state index contributed by atoms with van der Waals surface area (Å²) < 4.78 is 13.9. The first-order valence-electron chi connectivity index (χ1n) is 4.58. The smallest absolute Gasteiger partial charge is 0.132 e. The van der Waals surface area contributed by atoms with Gasteiger partial charge in [0.2, 0.25) is 0 Å². The fourth-order valence-electron chi connectivity index (χ4n) is 1.57. The van der Waals surface area contributed by atoms with Crippen LogP contribution in [-0.2, 0) is 12.2 Å². The molecule has 0 aliphatic carbocycles. The lowest BCUT2D eigenvalue weighted by Crippen LogP contribution is -2.16. The lowest BCUT2D eigenvalue weighted by atomic mass is 9.94. The van der Waals surface area contributed by atoms with E-state index in [0.29, 0.717) is 17.1 Å². The zero-order valence-electron chi connectivity index (χ0n) is 8.70. The standard InChI is InChI=1S/C11H15ClFN/c1-11(2,13)10-8(7-14-3)5-4-6-9(10)12/h4-6,14H,7H2,1-3H3. The molecule has 0 saturated heterocycles. The molecule has 1 N–H and O–H groups in total. The number of hydrogen-bond donors (Lipinski definition) is 1. The van der Waals surface area contributed by atoms with Crippen LogP contribution in [0.25, 0.3) is 0 Å². The minimum absolute atomic E-state index is 0.491. The minimum atomic E-state index is -1.40. The van der Waals surface area contributed by atoms with Gasteiger partial charge in [-0.2, -0.15) is 0 Å². The molecule has 0 heterocycles. The normalized spacial score (nSPS) is 11.8. The fraction of sp³-hybridized carbons (Fsp3) is 0.455. The van der Waals surface area contributed by atoms with Gasteiger partial charge in [-0.25, -0.2) is 4.39 Å². The molecule has 1 aromatic rings. The van der Waals surface area contributed by atoms with Crippen LogP contribution in [0, 0.1) is 0 Å². The minimum Gasteiger partial charge on any atom is -0.316 e. The van der Waals surface area contributed by atoms with Gasteiger partial charge in [-0.15, -0.1) is 0 Å². The Morgan fingerprint density at radius 3 is 2.57 bits per heavy atom. The fourth-order valence-corrected chi connectivity index (χ4v) is 1.99. The third-order valence-electron chi connectivity index (χ3n) is 2.06. The van der Waals surface area contributed by atoms with Crippen LogP contribution >= 0.6 is 11.6 Å². The molecule has 0 aromatic heterocycles. The maximum atomic E-state index is 13.9. The van der Waals surface area contributed by atoms with Crippen molar-refractivity contribution in [1.29, 1.82) is 0 Å². The molecule has 0 fully saturated rings. The third kappa shape index (κ3) is 2.46. The Labute approximate surface area is 89.3 Å². The van der Waals surface area contributed by atoms with Gasteiger partial charge in [0, 0.05) is 17.1 Å². The van der Waals surface area contributed by atoms with Crippen LogP contribution in [0.1, 0.15) is 25.0 Å². The highest BCUT2D eigenvalue weighted by Crippen LogP contribution is 2.33. The van der Waals surface area contributed by atoms with E-state index in [2.05, 4.69) is 5.32 Å². The van der Waals surface area contributed by atoms with E-state index in [4.69, 9.17) is 11.6 Å². The Morgan fingerprint density at radius 2 is 2.07 bits per heavy atom. The number of alkyl halides is 1. The molecular weight excluding hydrogens is 201 g/mol. The molecule has 14 heavy (non-hydrogen) atoms. The molecule has 0 spiro atoms. The summed E-state index contributed by atoms with van der Waals surface area (Å²) in [5.74, 6) is 0. The second kappa shape index (κ2) is 4.28. The molecule has 1 nitrogen and oxygen atoms in total. The van der Waals surface area contributed by atoms with Gasteiger partial charge in [0.15, 0.2) is 0 Å². The maximum absolute atomic E-state index is 13.9. The molecule has 0 unspecified atom stereocenters. The summed E-state index contributed by atoms with van der Waals surface area (Å²) in [6.07, 6.45) is 0. The predicted octanol–water partition coefficient (Wildman–Crippen LogP) is 3.26. The van der Waals surface area contributed by atoms with Crippen molar-refractivity contribution in [3.63, 3.8) is 0 Å². The van der Waals surface area contributed by atoms with E-state index >= 15 is 0 Å². The van der Waals surface area contributed by atoms with Crippen LogP contribution < -0.4 is 5.32 Å². The lowest BCUT2D eigenvalue weighted by molar-refractivity contribution is 0.219. The van der Waals surface area contributed by atoms with Crippen molar-refractivity contribution < 1.29 is 4.39 Å². The Kier molecular flexibility index (Phi) is 3.51. The molecule has 1 rings (SSSR count). The van der Waals surface area contributed by atoms with E-state index in [1.54, 1.807) is 6.07 Å². The van der Waals surface area contributed by atoms with Gasteiger partial charge in [0.25, 0.3) is 0 Å². The Hall–Kier alpha value is -0.600. The summed E-state index contributed by atoms with van der Waals surface area (Å²) in [7, 11) is 1.83. The van der Waals surface area contributed by atoms with Gasteiger partial charge < -0.3 is 5.32 Å². The summed E-state index contributed by atoms with van der Waals surface area (Å²) in [5.41, 5.74) is 0.0911. The molecule has 1 aromatic carbocycles. The highest BCUT2D eigenvalue weighted by molar-refractivity contribution is 6.31. The summed E-state index contributed by atoms with van der Waals surface area (Å²) in [6.45, 7) is 3.67. The summed E-state index contributed by atoms with van der Waals surface area (Å²) >= 11 is 5.98. The number of hydrogen-bond acceptors (Lipinski definition) is 1. The quantitative estimate of drug-likeness (QED) is 0.816. The highest BCUT2D eigenvalue weighted by atomic mass is 35.5. The molecular formula is C11H15ClFN. The number of nitrogens with one attached hydrogen (secondary N) is 1. The van der Waals surface area contributed by atoms with Gasteiger partial charge >= 0.3 is 0 Å². The molecule has 0 radical (unpaired) electrons. The second-order valence-corrected chi connectivity index (χ2v) is 4.18. The van der Waals surface area contributed by atoms with E-state index in [1.807, 2.05) is 19.2 Å². The number of benzene rings is 1. The van der Waals surface area contributed by atoms with Crippen molar-refractivity contribution in [1.82, 2.24) is 5.32 Å². The van der Waals surface area contributed by atoms with Gasteiger partial charge in [-0.3, -0.25) is 0 Å². The van der Waals surface area contributed by atoms with Crippen molar-refractivity contribution in [2.75, 3.05) is 7.05 Å². The second-order valence-electron chi connectivity index (χ2n) is 3.78. The first-order valence-corrected chi connectivity index (χ1v) is 4.96. The molecule has 78 valence electrons. The first-order chi connectivity index (χ1) is 6.46. The highest BCUT2D eigenvalue weighted by Gasteiger charge is 2.24. The van der Waals surface area contributed by atoms with Crippen LogP contribution in [0.3, 0.4) is 0 Å². The molecule has 3 heteroatoms. The molecule has 0 bridgehead atoms. The van der Waals surface area contributed by atoms with Gasteiger partial charge in [0.1, 0.15) is 5.67 Å². The van der Waals surface area contributed by atoms with E-state index in [-0.39, 0.29) is 0 Å². The van der Waals surface area contributed by atoms with Gasteiger partial charge in [0.05, 0.1) is 0 Å². The Balaban J connectivity index is 3.22. The van der Waals surface area contributed by atoms with Crippen molar-refractivity contribution >= 4 is 11.6 Å². The summed E-state index contributed by atoms with van der Waals surface area (Å²) in [6, 6.07) is 5.45. The van der Waals surface area contributed by atoms with E-state index in [1.165, 1.54) is 13.8 Å². The number of rotatable bonds is 3. The zero-order chi connectivity index (χ0) is 10.8. The largest absolute Gasteiger partial charge is 0.316 e. The number of halogens is 2.